The van der Waals surface area contributed by atoms with Crippen LogP contribution in [0.2, 0.25) is 0 Å². The summed E-state index contributed by atoms with van der Waals surface area (Å²) < 4.78 is 1.97. The molecule has 0 saturated carbocycles. The zero-order valence-electron chi connectivity index (χ0n) is 15.2. The van der Waals surface area contributed by atoms with Gasteiger partial charge in [0.25, 0.3) is 5.91 Å². The van der Waals surface area contributed by atoms with Gasteiger partial charge in [-0.1, -0.05) is 35.5 Å². The van der Waals surface area contributed by atoms with Gasteiger partial charge in [-0.3, -0.25) is 4.79 Å². The first-order chi connectivity index (χ1) is 13.3. The summed E-state index contributed by atoms with van der Waals surface area (Å²) >= 11 is 0. The highest BCUT2D eigenvalue weighted by molar-refractivity contribution is 5.98. The summed E-state index contributed by atoms with van der Waals surface area (Å²) in [6, 6.07) is 14.0. The van der Waals surface area contributed by atoms with Crippen LogP contribution < -0.4 is 10.2 Å². The van der Waals surface area contributed by atoms with E-state index in [-0.39, 0.29) is 5.91 Å². The number of pyridine rings is 1. The first-order valence-electron chi connectivity index (χ1n) is 9.15. The van der Waals surface area contributed by atoms with E-state index in [0.29, 0.717) is 11.6 Å². The average molecular weight is 362 g/mol. The van der Waals surface area contributed by atoms with Crippen LogP contribution in [0.15, 0.2) is 54.9 Å². The summed E-state index contributed by atoms with van der Waals surface area (Å²) in [5.74, 6) is 0.642. The number of hydrogen-bond donors (Lipinski definition) is 1. The normalized spacial score (nSPS) is 14.9. The fourth-order valence-corrected chi connectivity index (χ4v) is 3.50. The Kier molecular flexibility index (Phi) is 4.82. The maximum absolute atomic E-state index is 12.1. The summed E-state index contributed by atoms with van der Waals surface area (Å²) in [5.41, 5.74) is 2.58. The van der Waals surface area contributed by atoms with Crippen LogP contribution in [0.5, 0.6) is 0 Å². The largest absolute Gasteiger partial charge is 0.356 e. The molecule has 7 nitrogen and oxygen atoms in total. The van der Waals surface area contributed by atoms with Gasteiger partial charge in [0, 0.05) is 31.9 Å². The predicted octanol–water partition coefficient (Wildman–Crippen LogP) is 2.54. The molecule has 138 valence electrons. The number of carbonyl (C=O) groups excluding carboxylic acids is 1. The third-order valence-corrected chi connectivity index (χ3v) is 4.98. The van der Waals surface area contributed by atoms with Gasteiger partial charge < -0.3 is 10.2 Å². The third-order valence-electron chi connectivity index (χ3n) is 4.98. The minimum absolute atomic E-state index is 0.107. The van der Waals surface area contributed by atoms with Gasteiger partial charge in [-0.15, -0.1) is 5.10 Å². The predicted molar refractivity (Wildman–Crippen MR) is 104 cm³/mol. The van der Waals surface area contributed by atoms with Gasteiger partial charge in [-0.25, -0.2) is 9.67 Å². The van der Waals surface area contributed by atoms with Gasteiger partial charge >= 0.3 is 0 Å². The van der Waals surface area contributed by atoms with Crippen LogP contribution in [0.4, 0.5) is 5.82 Å². The van der Waals surface area contributed by atoms with Crippen LogP contribution in [0.3, 0.4) is 0 Å². The molecule has 2 aromatic heterocycles. The standard InChI is InChI=1S/C20H22N6O/c1-21-20(27)17-8-5-11-22-19(17)25-12-9-16(10-13-25)26-14-18(23-24-26)15-6-3-2-4-7-15/h2-8,11,14,16H,9-10,12-13H2,1H3,(H,21,27). The molecule has 4 rings (SSSR count). The molecule has 1 fully saturated rings. The van der Waals surface area contributed by atoms with Crippen molar-refractivity contribution in [3.63, 3.8) is 0 Å². The van der Waals surface area contributed by atoms with Crippen molar-refractivity contribution in [2.24, 2.45) is 0 Å². The molecular formula is C20H22N6O. The molecule has 1 saturated heterocycles. The van der Waals surface area contributed by atoms with Crippen molar-refractivity contribution in [1.82, 2.24) is 25.3 Å². The zero-order chi connectivity index (χ0) is 18.6. The lowest BCUT2D eigenvalue weighted by atomic mass is 10.0. The SMILES string of the molecule is CNC(=O)c1cccnc1N1CCC(n2cc(-c3ccccc3)nn2)CC1. The molecule has 0 aliphatic carbocycles. The first-order valence-corrected chi connectivity index (χ1v) is 9.15. The molecule has 1 N–H and O–H groups in total. The second-order valence-corrected chi connectivity index (χ2v) is 6.62. The van der Waals surface area contributed by atoms with Crippen LogP contribution in [0.1, 0.15) is 29.2 Å². The smallest absolute Gasteiger partial charge is 0.254 e. The van der Waals surface area contributed by atoms with Gasteiger partial charge in [0.1, 0.15) is 11.5 Å². The summed E-state index contributed by atoms with van der Waals surface area (Å²) in [5, 5.41) is 11.3. The lowest BCUT2D eigenvalue weighted by Crippen LogP contribution is -2.37. The Morgan fingerprint density at radius 3 is 2.63 bits per heavy atom. The molecule has 27 heavy (non-hydrogen) atoms. The van der Waals surface area contributed by atoms with E-state index in [2.05, 4.69) is 25.5 Å². The molecule has 1 aliphatic heterocycles. The number of rotatable bonds is 4. The Hall–Kier alpha value is -3.22. The van der Waals surface area contributed by atoms with Crippen LogP contribution in [0.25, 0.3) is 11.3 Å². The van der Waals surface area contributed by atoms with Crippen molar-refractivity contribution < 1.29 is 4.79 Å². The van der Waals surface area contributed by atoms with Gasteiger partial charge in [-0.05, 0) is 25.0 Å². The Labute approximate surface area is 158 Å². The fraction of sp³-hybridized carbons (Fsp3) is 0.300. The monoisotopic (exact) mass is 362 g/mol. The molecule has 0 unspecified atom stereocenters. The number of carbonyl (C=O) groups is 1. The molecule has 7 heteroatoms. The van der Waals surface area contributed by atoms with Crippen LogP contribution >= 0.6 is 0 Å². The molecule has 0 atom stereocenters. The van der Waals surface area contributed by atoms with Gasteiger partial charge in [0.2, 0.25) is 0 Å². The maximum atomic E-state index is 12.1. The van der Waals surface area contributed by atoms with Gasteiger partial charge in [0.05, 0.1) is 17.8 Å². The van der Waals surface area contributed by atoms with E-state index in [1.54, 1.807) is 19.3 Å². The number of hydrogen-bond acceptors (Lipinski definition) is 5. The Bertz CT molecular complexity index is 915. The minimum Gasteiger partial charge on any atom is -0.356 e. The number of nitrogens with one attached hydrogen (secondary N) is 1. The Morgan fingerprint density at radius 1 is 1.11 bits per heavy atom. The van der Waals surface area contributed by atoms with Crippen molar-refractivity contribution >= 4 is 11.7 Å². The van der Waals surface area contributed by atoms with Gasteiger partial charge in [0.15, 0.2) is 0 Å². The van der Waals surface area contributed by atoms with E-state index in [9.17, 15) is 4.79 Å². The van der Waals surface area contributed by atoms with E-state index < -0.39 is 0 Å². The van der Waals surface area contributed by atoms with E-state index >= 15 is 0 Å². The molecule has 1 amide bonds. The van der Waals surface area contributed by atoms with E-state index in [4.69, 9.17) is 0 Å². The van der Waals surface area contributed by atoms with E-state index in [0.717, 1.165) is 43.0 Å². The fourth-order valence-electron chi connectivity index (χ4n) is 3.50. The summed E-state index contributed by atoms with van der Waals surface area (Å²) in [4.78, 5) is 18.7. The highest BCUT2D eigenvalue weighted by Gasteiger charge is 2.25. The number of piperidine rings is 1. The topological polar surface area (TPSA) is 75.9 Å². The Balaban J connectivity index is 1.46. The summed E-state index contributed by atoms with van der Waals surface area (Å²) in [6.45, 7) is 1.65. The van der Waals surface area contributed by atoms with Crippen molar-refractivity contribution in [2.45, 2.75) is 18.9 Å². The van der Waals surface area contributed by atoms with Crippen molar-refractivity contribution in [1.29, 1.82) is 0 Å². The second kappa shape index (κ2) is 7.57. The van der Waals surface area contributed by atoms with E-state index in [1.165, 1.54) is 0 Å². The quantitative estimate of drug-likeness (QED) is 0.772. The zero-order valence-corrected chi connectivity index (χ0v) is 15.2. The number of anilines is 1. The Morgan fingerprint density at radius 2 is 1.89 bits per heavy atom. The molecule has 0 bridgehead atoms. The van der Waals surface area contributed by atoms with Crippen molar-refractivity contribution in [3.8, 4) is 11.3 Å². The number of amides is 1. The third kappa shape index (κ3) is 3.53. The lowest BCUT2D eigenvalue weighted by Gasteiger charge is -2.33. The summed E-state index contributed by atoms with van der Waals surface area (Å²) in [6.07, 6.45) is 5.62. The van der Waals surface area contributed by atoms with Crippen LogP contribution in [-0.4, -0.2) is 46.0 Å². The second-order valence-electron chi connectivity index (χ2n) is 6.62. The van der Waals surface area contributed by atoms with Crippen LogP contribution in [0, 0.1) is 0 Å². The average Bonchev–Trinajstić information content (AvgIpc) is 3.24. The number of nitrogens with zero attached hydrogens (tertiary/aromatic N) is 5. The molecule has 1 aliphatic rings. The highest BCUT2D eigenvalue weighted by atomic mass is 16.1. The van der Waals surface area contributed by atoms with Crippen LogP contribution in [-0.2, 0) is 0 Å². The van der Waals surface area contributed by atoms with Crippen molar-refractivity contribution in [2.75, 3.05) is 25.0 Å². The molecule has 0 radical (unpaired) electrons. The minimum atomic E-state index is -0.107. The molecule has 3 heterocycles. The molecular weight excluding hydrogens is 340 g/mol. The molecule has 0 spiro atoms. The number of aromatic nitrogens is 4. The molecule has 3 aromatic rings. The molecule has 1 aromatic carbocycles. The first kappa shape index (κ1) is 17.2. The maximum Gasteiger partial charge on any atom is 0.254 e. The lowest BCUT2D eigenvalue weighted by molar-refractivity contribution is 0.0963. The van der Waals surface area contributed by atoms with Gasteiger partial charge in [-0.2, -0.15) is 0 Å². The number of benzene rings is 1. The van der Waals surface area contributed by atoms with Crippen molar-refractivity contribution in [3.05, 3.63) is 60.4 Å². The summed E-state index contributed by atoms with van der Waals surface area (Å²) in [7, 11) is 1.64. The highest BCUT2D eigenvalue weighted by Crippen LogP contribution is 2.28. The van der Waals surface area contributed by atoms with E-state index in [1.807, 2.05) is 47.3 Å².